The molecule has 4 rings (SSSR count). The Bertz CT molecular complexity index is 1170. The lowest BCUT2D eigenvalue weighted by molar-refractivity contribution is -0.118. The quantitative estimate of drug-likeness (QED) is 0.396. The van der Waals surface area contributed by atoms with Gasteiger partial charge in [-0.3, -0.25) is 19.3 Å². The summed E-state index contributed by atoms with van der Waals surface area (Å²) in [5, 5.41) is 13.8. The van der Waals surface area contributed by atoms with Crippen LogP contribution in [0, 0.1) is 12.8 Å². The third-order valence-corrected chi connectivity index (χ3v) is 7.10. The van der Waals surface area contributed by atoms with Gasteiger partial charge in [-0.2, -0.15) is 5.10 Å². The van der Waals surface area contributed by atoms with Gasteiger partial charge in [0.2, 0.25) is 5.91 Å². The molecule has 1 unspecified atom stereocenters. The van der Waals surface area contributed by atoms with Crippen LogP contribution in [0.2, 0.25) is 5.02 Å². The van der Waals surface area contributed by atoms with Crippen molar-refractivity contribution >= 4 is 46.1 Å². The second-order valence-electron chi connectivity index (χ2n) is 8.64. The number of rotatable bonds is 9. The Morgan fingerprint density at radius 1 is 1.34 bits per heavy atom. The highest BCUT2D eigenvalue weighted by Crippen LogP contribution is 2.23. The second-order valence-corrected chi connectivity index (χ2v) is 10.2. The fraction of sp³-hybridized carbons (Fsp3) is 0.417. The minimum absolute atomic E-state index is 0.214. The molecule has 3 N–H and O–H groups in total. The number of anilines is 2. The number of amides is 2. The molecule has 9 nitrogen and oxygen atoms in total. The lowest BCUT2D eigenvalue weighted by atomic mass is 9.94. The summed E-state index contributed by atoms with van der Waals surface area (Å²) in [7, 11) is 1.78. The van der Waals surface area contributed by atoms with E-state index in [0.29, 0.717) is 35.2 Å². The molecule has 1 fully saturated rings. The number of nitrogens with one attached hydrogen (secondary N) is 3. The van der Waals surface area contributed by atoms with Crippen molar-refractivity contribution in [1.29, 1.82) is 0 Å². The maximum atomic E-state index is 13.1. The van der Waals surface area contributed by atoms with Gasteiger partial charge in [0.05, 0.1) is 33.2 Å². The fourth-order valence-corrected chi connectivity index (χ4v) is 4.98. The number of thiophene rings is 1. The molecule has 3 aromatic heterocycles. The lowest BCUT2D eigenvalue weighted by Crippen LogP contribution is -2.45. The predicted octanol–water partition coefficient (Wildman–Crippen LogP) is 4.00. The van der Waals surface area contributed by atoms with Crippen molar-refractivity contribution in [2.24, 2.45) is 13.0 Å². The first-order valence-electron chi connectivity index (χ1n) is 11.5. The standard InChI is InChI=1S/C24H29ClN6O3S/c1-15-20(9-17(25)10-26-15)27-12-19-5-6-22(35-19)24(33)30-21(8-16-4-3-7-34-14-16)23(32)29-18-11-28-31(2)13-18/h5-6,9-11,13,16,21,27H,3-4,7-8,12,14H2,1-2H3,(H,29,32)(H,30,33)/t16?,21-/m0/s1. The van der Waals surface area contributed by atoms with Gasteiger partial charge in [-0.1, -0.05) is 11.6 Å². The summed E-state index contributed by atoms with van der Waals surface area (Å²) in [5.41, 5.74) is 2.28. The fourth-order valence-electron chi connectivity index (χ4n) is 3.97. The highest BCUT2D eigenvalue weighted by atomic mass is 35.5. The highest BCUT2D eigenvalue weighted by Gasteiger charge is 2.27. The number of hydrogen-bond acceptors (Lipinski definition) is 7. The summed E-state index contributed by atoms with van der Waals surface area (Å²) in [4.78, 5) is 31.9. The molecule has 3 aromatic rings. The zero-order valence-corrected chi connectivity index (χ0v) is 21.3. The Hall–Kier alpha value is -2.95. The van der Waals surface area contributed by atoms with Crippen LogP contribution in [-0.2, 0) is 23.1 Å². The Morgan fingerprint density at radius 3 is 2.94 bits per heavy atom. The highest BCUT2D eigenvalue weighted by molar-refractivity contribution is 7.14. The van der Waals surface area contributed by atoms with Crippen LogP contribution in [0.3, 0.4) is 0 Å². The van der Waals surface area contributed by atoms with Gasteiger partial charge in [0.15, 0.2) is 0 Å². The summed E-state index contributed by atoms with van der Waals surface area (Å²) in [5.74, 6) is -0.324. The molecule has 11 heteroatoms. The van der Waals surface area contributed by atoms with Gasteiger partial charge in [-0.15, -0.1) is 11.3 Å². The van der Waals surface area contributed by atoms with Gasteiger partial charge < -0.3 is 20.7 Å². The number of carbonyl (C=O) groups is 2. The van der Waals surface area contributed by atoms with Crippen LogP contribution >= 0.6 is 22.9 Å². The van der Waals surface area contributed by atoms with E-state index in [2.05, 4.69) is 26.0 Å². The van der Waals surface area contributed by atoms with Crippen molar-refractivity contribution < 1.29 is 14.3 Å². The third kappa shape index (κ3) is 7.03. The van der Waals surface area contributed by atoms with E-state index in [-0.39, 0.29) is 17.7 Å². The Balaban J connectivity index is 1.40. The molecule has 0 aliphatic carbocycles. The monoisotopic (exact) mass is 516 g/mol. The molecule has 0 spiro atoms. The van der Waals surface area contributed by atoms with E-state index in [1.165, 1.54) is 11.3 Å². The van der Waals surface area contributed by atoms with Crippen LogP contribution in [0.25, 0.3) is 0 Å². The zero-order chi connectivity index (χ0) is 24.8. The average Bonchev–Trinajstić information content (AvgIpc) is 3.49. The normalized spacial score (nSPS) is 16.5. The van der Waals surface area contributed by atoms with Gasteiger partial charge in [0.1, 0.15) is 6.04 Å². The van der Waals surface area contributed by atoms with Gasteiger partial charge >= 0.3 is 0 Å². The summed E-state index contributed by atoms with van der Waals surface area (Å²) in [6.45, 7) is 3.77. The number of nitrogens with zero attached hydrogens (tertiary/aromatic N) is 3. The van der Waals surface area contributed by atoms with E-state index >= 15 is 0 Å². The van der Waals surface area contributed by atoms with Crippen LogP contribution < -0.4 is 16.0 Å². The number of carbonyl (C=O) groups excluding carboxylic acids is 2. The summed E-state index contributed by atoms with van der Waals surface area (Å²) < 4.78 is 7.19. The van der Waals surface area contributed by atoms with E-state index < -0.39 is 6.04 Å². The minimum Gasteiger partial charge on any atom is -0.381 e. The molecule has 0 radical (unpaired) electrons. The number of aromatic nitrogens is 3. The van der Waals surface area contributed by atoms with Crippen molar-refractivity contribution in [3.05, 3.63) is 57.3 Å². The molecule has 0 aromatic carbocycles. The molecule has 1 aliphatic rings. The zero-order valence-electron chi connectivity index (χ0n) is 19.7. The summed E-state index contributed by atoms with van der Waals surface area (Å²) in [6.07, 6.45) is 7.35. The van der Waals surface area contributed by atoms with Crippen molar-refractivity contribution in [1.82, 2.24) is 20.1 Å². The minimum atomic E-state index is -0.682. The molecule has 35 heavy (non-hydrogen) atoms. The molecule has 1 aliphatic heterocycles. The first-order chi connectivity index (χ1) is 16.9. The number of hydrogen-bond donors (Lipinski definition) is 3. The van der Waals surface area contributed by atoms with Crippen molar-refractivity contribution in [2.75, 3.05) is 23.8 Å². The van der Waals surface area contributed by atoms with Crippen LogP contribution in [-0.4, -0.2) is 45.8 Å². The topological polar surface area (TPSA) is 110 Å². The van der Waals surface area contributed by atoms with Crippen LogP contribution in [0.5, 0.6) is 0 Å². The molecule has 2 amide bonds. The predicted molar refractivity (Wildman–Crippen MR) is 137 cm³/mol. The van der Waals surface area contributed by atoms with E-state index in [4.69, 9.17) is 16.3 Å². The maximum Gasteiger partial charge on any atom is 0.262 e. The largest absolute Gasteiger partial charge is 0.381 e. The average molecular weight is 517 g/mol. The van der Waals surface area contributed by atoms with Gasteiger partial charge in [0, 0.05) is 44.1 Å². The summed E-state index contributed by atoms with van der Waals surface area (Å²) >= 11 is 7.42. The third-order valence-electron chi connectivity index (χ3n) is 5.81. The molecule has 1 saturated heterocycles. The van der Waals surface area contributed by atoms with Crippen molar-refractivity contribution in [3.8, 4) is 0 Å². The van der Waals surface area contributed by atoms with Gasteiger partial charge in [-0.05, 0) is 50.3 Å². The van der Waals surface area contributed by atoms with Crippen LogP contribution in [0.15, 0.2) is 36.8 Å². The first kappa shape index (κ1) is 25.2. The van der Waals surface area contributed by atoms with Gasteiger partial charge in [0.25, 0.3) is 5.91 Å². The molecular formula is C24H29ClN6O3S. The molecule has 2 atom stereocenters. The molecule has 4 heterocycles. The smallest absolute Gasteiger partial charge is 0.262 e. The number of aryl methyl sites for hydroxylation is 2. The Morgan fingerprint density at radius 2 is 2.20 bits per heavy atom. The van der Waals surface area contributed by atoms with E-state index in [0.717, 1.165) is 35.7 Å². The van der Waals surface area contributed by atoms with E-state index in [1.54, 1.807) is 36.4 Å². The molecule has 0 saturated carbocycles. The molecular weight excluding hydrogens is 488 g/mol. The number of halogens is 1. The number of pyridine rings is 1. The van der Waals surface area contributed by atoms with Crippen LogP contribution in [0.1, 0.15) is 39.5 Å². The first-order valence-corrected chi connectivity index (χ1v) is 12.7. The Labute approximate surface area is 213 Å². The SMILES string of the molecule is Cc1ncc(Cl)cc1NCc1ccc(C(=O)N[C@@H](CC2CCCOC2)C(=O)Nc2cnn(C)c2)s1. The number of ether oxygens (including phenoxy) is 1. The second kappa shape index (κ2) is 11.7. The maximum absolute atomic E-state index is 13.1. The van der Waals surface area contributed by atoms with E-state index in [1.807, 2.05) is 19.1 Å². The molecule has 0 bridgehead atoms. The van der Waals surface area contributed by atoms with E-state index in [9.17, 15) is 9.59 Å². The Kier molecular flexibility index (Phi) is 8.37. The van der Waals surface area contributed by atoms with Crippen LogP contribution in [0.4, 0.5) is 11.4 Å². The molecule has 186 valence electrons. The summed E-state index contributed by atoms with van der Waals surface area (Å²) in [6, 6.07) is 4.82. The lowest BCUT2D eigenvalue weighted by Gasteiger charge is -2.26. The van der Waals surface area contributed by atoms with Crippen molar-refractivity contribution in [2.45, 2.75) is 38.8 Å². The van der Waals surface area contributed by atoms with Crippen molar-refractivity contribution in [3.63, 3.8) is 0 Å². The van der Waals surface area contributed by atoms with Gasteiger partial charge in [-0.25, -0.2) is 0 Å².